The Kier molecular flexibility index (Phi) is 8.23. The number of hydrogen-bond acceptors (Lipinski definition) is 4. The summed E-state index contributed by atoms with van der Waals surface area (Å²) in [6.45, 7) is 7.28. The Hall–Kier alpha value is -2.37. The van der Waals surface area contributed by atoms with Gasteiger partial charge in [-0.3, -0.25) is 4.79 Å². The van der Waals surface area contributed by atoms with Crippen LogP contribution in [0.3, 0.4) is 0 Å². The van der Waals surface area contributed by atoms with Gasteiger partial charge in [-0.25, -0.2) is 4.79 Å². The summed E-state index contributed by atoms with van der Waals surface area (Å²) in [4.78, 5) is 37.0. The van der Waals surface area contributed by atoms with Gasteiger partial charge in [-0.05, 0) is 57.6 Å². The van der Waals surface area contributed by atoms with Gasteiger partial charge in [-0.15, -0.1) is 0 Å². The van der Waals surface area contributed by atoms with Crippen LogP contribution in [0.2, 0.25) is 0 Å². The Morgan fingerprint density at radius 3 is 2.38 bits per heavy atom. The number of hydrogen-bond donors (Lipinski definition) is 2. The maximum Gasteiger partial charge on any atom is 0.408 e. The second kappa shape index (κ2) is 10.4. The van der Waals surface area contributed by atoms with E-state index in [-0.39, 0.29) is 11.8 Å². The molecule has 2 rings (SSSR count). The lowest BCUT2D eigenvalue weighted by Crippen LogP contribution is -2.53. The van der Waals surface area contributed by atoms with Crippen molar-refractivity contribution in [2.45, 2.75) is 83.9 Å². The third-order valence-electron chi connectivity index (χ3n) is 5.31. The third-order valence-corrected chi connectivity index (χ3v) is 5.31. The summed E-state index contributed by atoms with van der Waals surface area (Å²) in [5.74, 6) is -0.201. The Bertz CT molecular complexity index is 705. The third kappa shape index (κ3) is 7.52. The molecular formula is C23H34N2O4. The van der Waals surface area contributed by atoms with Crippen molar-refractivity contribution in [1.29, 1.82) is 0 Å². The average molecular weight is 403 g/mol. The molecule has 0 unspecified atom stereocenters. The number of carbonyl (C=O) groups excluding carboxylic acids is 3. The minimum Gasteiger partial charge on any atom is -0.444 e. The highest BCUT2D eigenvalue weighted by atomic mass is 16.6. The quantitative estimate of drug-likeness (QED) is 0.681. The zero-order valence-corrected chi connectivity index (χ0v) is 18.0. The molecule has 0 bridgehead atoms. The first-order valence-electron chi connectivity index (χ1n) is 10.5. The second-order valence-electron chi connectivity index (χ2n) is 8.90. The predicted molar refractivity (Wildman–Crippen MR) is 113 cm³/mol. The number of nitrogens with one attached hydrogen (secondary N) is 2. The maximum absolute atomic E-state index is 13.0. The molecule has 1 aliphatic carbocycles. The molecular weight excluding hydrogens is 368 g/mol. The van der Waals surface area contributed by atoms with E-state index >= 15 is 0 Å². The molecule has 6 heteroatoms. The second-order valence-corrected chi connectivity index (χ2v) is 8.90. The van der Waals surface area contributed by atoms with Crippen LogP contribution in [0.15, 0.2) is 24.3 Å². The first kappa shape index (κ1) is 22.9. The standard InChI is InChI=1S/C23H34N2O4/c1-16-10-8-9-13-18(16)14-19(25-22(28)29-23(2,3)4)21(27)24-20(15-26)17-11-6-5-7-12-17/h8-10,13,15,17,19-20H,5-7,11-12,14H2,1-4H3,(H,24,27)(H,25,28)/t19-,20+/m0/s1. The van der Waals surface area contributed by atoms with E-state index in [0.717, 1.165) is 43.1 Å². The highest BCUT2D eigenvalue weighted by molar-refractivity contribution is 5.88. The highest BCUT2D eigenvalue weighted by Gasteiger charge is 2.30. The first-order valence-corrected chi connectivity index (χ1v) is 10.5. The number of carbonyl (C=O) groups is 3. The summed E-state index contributed by atoms with van der Waals surface area (Å²) < 4.78 is 5.33. The molecule has 1 saturated carbocycles. The van der Waals surface area contributed by atoms with Gasteiger partial charge in [0.2, 0.25) is 5.91 Å². The van der Waals surface area contributed by atoms with Crippen LogP contribution >= 0.6 is 0 Å². The number of aryl methyl sites for hydroxylation is 1. The summed E-state index contributed by atoms with van der Waals surface area (Å²) >= 11 is 0. The Labute approximate surface area is 173 Å². The summed E-state index contributed by atoms with van der Waals surface area (Å²) in [5.41, 5.74) is 1.33. The lowest BCUT2D eigenvalue weighted by molar-refractivity contribution is -0.126. The van der Waals surface area contributed by atoms with Crippen LogP contribution in [0.5, 0.6) is 0 Å². The normalized spacial score (nSPS) is 17.1. The fraction of sp³-hybridized carbons (Fsp3) is 0.609. The van der Waals surface area contributed by atoms with Gasteiger partial charge in [0, 0.05) is 6.42 Å². The van der Waals surface area contributed by atoms with E-state index in [4.69, 9.17) is 4.74 Å². The minimum absolute atomic E-state index is 0.158. The number of alkyl carbamates (subject to hydrolysis) is 1. The molecule has 6 nitrogen and oxygen atoms in total. The summed E-state index contributed by atoms with van der Waals surface area (Å²) in [7, 11) is 0. The number of amides is 2. The number of benzene rings is 1. The molecule has 0 aromatic heterocycles. The Morgan fingerprint density at radius 1 is 1.14 bits per heavy atom. The van der Waals surface area contributed by atoms with E-state index < -0.39 is 23.8 Å². The maximum atomic E-state index is 13.0. The van der Waals surface area contributed by atoms with Gasteiger partial charge >= 0.3 is 6.09 Å². The molecule has 1 aromatic carbocycles. The molecule has 2 N–H and O–H groups in total. The van der Waals surface area contributed by atoms with Crippen molar-refractivity contribution in [2.24, 2.45) is 5.92 Å². The lowest BCUT2D eigenvalue weighted by Gasteiger charge is -2.29. The zero-order chi connectivity index (χ0) is 21.4. The van der Waals surface area contributed by atoms with E-state index in [0.29, 0.717) is 6.42 Å². The first-order chi connectivity index (χ1) is 13.7. The molecule has 160 valence electrons. The lowest BCUT2D eigenvalue weighted by atomic mass is 9.84. The number of ether oxygens (including phenoxy) is 1. The number of rotatable bonds is 7. The van der Waals surface area contributed by atoms with Gasteiger partial charge in [0.15, 0.2) is 0 Å². The molecule has 0 saturated heterocycles. The van der Waals surface area contributed by atoms with Crippen molar-refractivity contribution >= 4 is 18.3 Å². The monoisotopic (exact) mass is 402 g/mol. The van der Waals surface area contributed by atoms with Gasteiger partial charge in [0.1, 0.15) is 17.9 Å². The van der Waals surface area contributed by atoms with Gasteiger partial charge in [-0.1, -0.05) is 43.5 Å². The van der Waals surface area contributed by atoms with Crippen LogP contribution in [-0.2, 0) is 20.7 Å². The molecule has 2 amide bonds. The van der Waals surface area contributed by atoms with Crippen molar-refractivity contribution in [3.05, 3.63) is 35.4 Å². The van der Waals surface area contributed by atoms with Crippen molar-refractivity contribution in [3.8, 4) is 0 Å². The van der Waals surface area contributed by atoms with E-state index in [1.54, 1.807) is 20.8 Å². The van der Waals surface area contributed by atoms with Crippen molar-refractivity contribution in [2.75, 3.05) is 0 Å². The smallest absolute Gasteiger partial charge is 0.408 e. The molecule has 0 heterocycles. The molecule has 1 aromatic rings. The average Bonchev–Trinajstić information content (AvgIpc) is 2.66. The van der Waals surface area contributed by atoms with Gasteiger partial charge in [0.25, 0.3) is 0 Å². The van der Waals surface area contributed by atoms with Crippen molar-refractivity contribution in [3.63, 3.8) is 0 Å². The highest BCUT2D eigenvalue weighted by Crippen LogP contribution is 2.26. The van der Waals surface area contributed by atoms with Crippen LogP contribution in [0.4, 0.5) is 4.79 Å². The van der Waals surface area contributed by atoms with Gasteiger partial charge in [-0.2, -0.15) is 0 Å². The van der Waals surface area contributed by atoms with Gasteiger partial charge < -0.3 is 20.2 Å². The van der Waals surface area contributed by atoms with Crippen LogP contribution < -0.4 is 10.6 Å². The van der Waals surface area contributed by atoms with Crippen LogP contribution in [0, 0.1) is 12.8 Å². The molecule has 1 aliphatic rings. The SMILES string of the molecule is Cc1ccccc1C[C@H](NC(=O)OC(C)(C)C)C(=O)N[C@H](C=O)C1CCCCC1. The number of aldehydes is 1. The van der Waals surface area contributed by atoms with Gasteiger partial charge in [0.05, 0.1) is 6.04 Å². The molecule has 0 spiro atoms. The van der Waals surface area contributed by atoms with Crippen LogP contribution in [0.1, 0.15) is 64.0 Å². The molecule has 29 heavy (non-hydrogen) atoms. The molecule has 0 radical (unpaired) electrons. The van der Waals surface area contributed by atoms with Crippen LogP contribution in [0.25, 0.3) is 0 Å². The summed E-state index contributed by atoms with van der Waals surface area (Å²) in [6, 6.07) is 6.39. The molecule has 1 fully saturated rings. The van der Waals surface area contributed by atoms with Crippen molar-refractivity contribution < 1.29 is 19.1 Å². The van der Waals surface area contributed by atoms with E-state index in [9.17, 15) is 14.4 Å². The predicted octanol–water partition coefficient (Wildman–Crippen LogP) is 3.69. The summed E-state index contributed by atoms with van der Waals surface area (Å²) in [6.07, 6.45) is 5.71. The van der Waals surface area contributed by atoms with E-state index in [1.165, 1.54) is 6.42 Å². The Morgan fingerprint density at radius 2 is 1.79 bits per heavy atom. The fourth-order valence-corrected chi connectivity index (χ4v) is 3.74. The zero-order valence-electron chi connectivity index (χ0n) is 18.0. The van der Waals surface area contributed by atoms with E-state index in [2.05, 4.69) is 10.6 Å². The topological polar surface area (TPSA) is 84.5 Å². The van der Waals surface area contributed by atoms with Crippen LogP contribution in [-0.4, -0.2) is 36.0 Å². The summed E-state index contributed by atoms with van der Waals surface area (Å²) in [5, 5.41) is 5.56. The van der Waals surface area contributed by atoms with E-state index in [1.807, 2.05) is 31.2 Å². The fourth-order valence-electron chi connectivity index (χ4n) is 3.74. The molecule has 0 aliphatic heterocycles. The minimum atomic E-state index is -0.822. The Balaban J connectivity index is 2.13. The van der Waals surface area contributed by atoms with Crippen molar-refractivity contribution in [1.82, 2.24) is 10.6 Å². The molecule has 2 atom stereocenters. The largest absolute Gasteiger partial charge is 0.444 e.